The van der Waals surface area contributed by atoms with Gasteiger partial charge in [0.2, 0.25) is 0 Å². The number of halogens is 1. The number of esters is 1. The van der Waals surface area contributed by atoms with Crippen LogP contribution >= 0.6 is 22.9 Å². The molecule has 3 rings (SSSR count). The lowest BCUT2D eigenvalue weighted by molar-refractivity contribution is -0.384. The third-order valence-corrected chi connectivity index (χ3v) is 5.40. The quantitative estimate of drug-likeness (QED) is 0.336. The molecule has 8 nitrogen and oxygen atoms in total. The molecule has 0 saturated carbocycles. The molecule has 0 radical (unpaired) electrons. The highest BCUT2D eigenvalue weighted by Crippen LogP contribution is 2.23. The van der Waals surface area contributed by atoms with Gasteiger partial charge in [-0.2, -0.15) is 4.99 Å². The van der Waals surface area contributed by atoms with Gasteiger partial charge >= 0.3 is 5.97 Å². The van der Waals surface area contributed by atoms with Gasteiger partial charge in [0.05, 0.1) is 28.2 Å². The number of nitrogens with zero attached hydrogens (tertiary/aromatic N) is 3. The molecule has 0 atom stereocenters. The second kappa shape index (κ2) is 8.97. The van der Waals surface area contributed by atoms with Crippen LogP contribution in [0.25, 0.3) is 10.2 Å². The van der Waals surface area contributed by atoms with Crippen LogP contribution < -0.4 is 4.80 Å². The fourth-order valence-corrected chi connectivity index (χ4v) is 3.98. The van der Waals surface area contributed by atoms with E-state index in [1.165, 1.54) is 22.8 Å². The minimum Gasteiger partial charge on any atom is -0.465 e. The van der Waals surface area contributed by atoms with E-state index in [0.717, 1.165) is 11.3 Å². The third kappa shape index (κ3) is 4.87. The van der Waals surface area contributed by atoms with E-state index in [1.54, 1.807) is 31.2 Å². The standard InChI is InChI=1S/C19H16ClN3O5S/c1-2-28-18(25)11-22-15-8-7-13(23(26)27)10-16(15)29-19(22)21-17(24)9-12-5-3-4-6-14(12)20/h3-8,10H,2,9,11H2,1H3. The van der Waals surface area contributed by atoms with Crippen LogP contribution in [0.4, 0.5) is 5.69 Å². The molecular formula is C19H16ClN3O5S. The first-order valence-corrected chi connectivity index (χ1v) is 9.83. The number of non-ortho nitro benzene ring substituents is 1. The van der Waals surface area contributed by atoms with Gasteiger partial charge in [-0.15, -0.1) is 0 Å². The Balaban J connectivity index is 2.05. The van der Waals surface area contributed by atoms with Gasteiger partial charge in [-0.05, 0) is 24.6 Å². The van der Waals surface area contributed by atoms with E-state index in [2.05, 4.69) is 4.99 Å². The number of rotatable bonds is 6. The van der Waals surface area contributed by atoms with Crippen molar-refractivity contribution in [2.24, 2.45) is 4.99 Å². The minimum atomic E-state index is -0.506. The number of nitro benzene ring substituents is 1. The molecule has 1 heterocycles. The van der Waals surface area contributed by atoms with Crippen molar-refractivity contribution in [1.82, 2.24) is 4.57 Å². The van der Waals surface area contributed by atoms with Gasteiger partial charge in [0, 0.05) is 17.2 Å². The fraction of sp³-hybridized carbons (Fsp3) is 0.211. The summed E-state index contributed by atoms with van der Waals surface area (Å²) in [5, 5.41) is 11.5. The van der Waals surface area contributed by atoms with E-state index in [1.807, 2.05) is 0 Å². The normalized spacial score (nSPS) is 11.6. The lowest BCUT2D eigenvalue weighted by Gasteiger charge is -2.05. The molecule has 3 aromatic rings. The first kappa shape index (κ1) is 20.7. The zero-order valence-corrected chi connectivity index (χ0v) is 16.9. The molecule has 0 unspecified atom stereocenters. The molecule has 0 saturated heterocycles. The number of fused-ring (bicyclic) bond motifs is 1. The molecule has 2 aromatic carbocycles. The van der Waals surface area contributed by atoms with E-state index in [9.17, 15) is 19.7 Å². The second-order valence-corrected chi connectivity index (χ2v) is 7.37. The highest BCUT2D eigenvalue weighted by molar-refractivity contribution is 7.16. The first-order valence-electron chi connectivity index (χ1n) is 8.63. The maximum absolute atomic E-state index is 12.5. The molecular weight excluding hydrogens is 418 g/mol. The van der Waals surface area contributed by atoms with Crippen molar-refractivity contribution in [3.05, 3.63) is 68.0 Å². The van der Waals surface area contributed by atoms with Crippen LogP contribution in [0.15, 0.2) is 47.5 Å². The van der Waals surface area contributed by atoms with Crippen molar-refractivity contribution in [2.75, 3.05) is 6.61 Å². The molecule has 0 aliphatic carbocycles. The average molecular weight is 434 g/mol. The van der Waals surface area contributed by atoms with Gasteiger partial charge in [-0.25, -0.2) is 0 Å². The monoisotopic (exact) mass is 433 g/mol. The number of carbonyl (C=O) groups is 2. The van der Waals surface area contributed by atoms with Crippen LogP contribution in [0.1, 0.15) is 12.5 Å². The SMILES string of the molecule is CCOC(=O)Cn1c(=NC(=O)Cc2ccccc2Cl)sc2cc([N+](=O)[O-])ccc21. The predicted octanol–water partition coefficient (Wildman–Crippen LogP) is 3.50. The molecule has 1 aromatic heterocycles. The summed E-state index contributed by atoms with van der Waals surface area (Å²) < 4.78 is 7.05. The Morgan fingerprint density at radius 2 is 2.03 bits per heavy atom. The third-order valence-electron chi connectivity index (χ3n) is 3.99. The van der Waals surface area contributed by atoms with E-state index in [0.29, 0.717) is 20.8 Å². The van der Waals surface area contributed by atoms with Crippen LogP contribution in [0.2, 0.25) is 5.02 Å². The van der Waals surface area contributed by atoms with E-state index < -0.39 is 16.8 Å². The number of aromatic nitrogens is 1. The Labute approximate surface area is 174 Å². The van der Waals surface area contributed by atoms with Crippen molar-refractivity contribution in [2.45, 2.75) is 19.9 Å². The van der Waals surface area contributed by atoms with Crippen LogP contribution in [-0.4, -0.2) is 28.0 Å². The van der Waals surface area contributed by atoms with Gasteiger partial charge in [0.25, 0.3) is 11.6 Å². The average Bonchev–Trinajstić information content (AvgIpc) is 3.00. The topological polar surface area (TPSA) is 104 Å². The van der Waals surface area contributed by atoms with Crippen LogP contribution in [-0.2, 0) is 27.3 Å². The highest BCUT2D eigenvalue weighted by atomic mass is 35.5. The van der Waals surface area contributed by atoms with Gasteiger partial charge in [-0.1, -0.05) is 41.1 Å². The zero-order valence-electron chi connectivity index (χ0n) is 15.3. The molecule has 29 heavy (non-hydrogen) atoms. The maximum Gasteiger partial charge on any atom is 0.326 e. The Morgan fingerprint density at radius 1 is 1.28 bits per heavy atom. The number of benzene rings is 2. The molecule has 0 N–H and O–H groups in total. The van der Waals surface area contributed by atoms with Gasteiger partial charge in [0.15, 0.2) is 4.80 Å². The molecule has 0 spiro atoms. The summed E-state index contributed by atoms with van der Waals surface area (Å²) in [6.45, 7) is 1.74. The number of carbonyl (C=O) groups excluding carboxylic acids is 2. The second-order valence-electron chi connectivity index (χ2n) is 5.96. The summed E-state index contributed by atoms with van der Waals surface area (Å²) in [6, 6.07) is 11.2. The predicted molar refractivity (Wildman–Crippen MR) is 109 cm³/mol. The Morgan fingerprint density at radius 3 is 2.72 bits per heavy atom. The van der Waals surface area contributed by atoms with Crippen LogP contribution in [0.5, 0.6) is 0 Å². The van der Waals surface area contributed by atoms with E-state index in [4.69, 9.17) is 16.3 Å². The van der Waals surface area contributed by atoms with Crippen LogP contribution in [0, 0.1) is 10.1 Å². The van der Waals surface area contributed by atoms with Crippen molar-refractivity contribution in [3.8, 4) is 0 Å². The Kier molecular flexibility index (Phi) is 6.40. The van der Waals surface area contributed by atoms with Crippen molar-refractivity contribution < 1.29 is 19.2 Å². The smallest absolute Gasteiger partial charge is 0.326 e. The number of hydrogen-bond acceptors (Lipinski definition) is 6. The van der Waals surface area contributed by atoms with Crippen molar-refractivity contribution >= 4 is 50.7 Å². The lowest BCUT2D eigenvalue weighted by atomic mass is 10.1. The van der Waals surface area contributed by atoms with E-state index in [-0.39, 0.29) is 30.1 Å². The van der Waals surface area contributed by atoms with E-state index >= 15 is 0 Å². The summed E-state index contributed by atoms with van der Waals surface area (Å²) in [6.07, 6.45) is -0.00648. The first-order chi connectivity index (χ1) is 13.9. The number of thiazole rings is 1. The molecule has 1 amide bonds. The number of hydrogen-bond donors (Lipinski definition) is 0. The maximum atomic E-state index is 12.5. The number of ether oxygens (including phenoxy) is 1. The molecule has 0 aliphatic heterocycles. The highest BCUT2D eigenvalue weighted by Gasteiger charge is 2.15. The fourth-order valence-electron chi connectivity index (χ4n) is 2.70. The van der Waals surface area contributed by atoms with Crippen LogP contribution in [0.3, 0.4) is 0 Å². The molecule has 150 valence electrons. The molecule has 10 heteroatoms. The van der Waals surface area contributed by atoms with Crippen molar-refractivity contribution in [1.29, 1.82) is 0 Å². The summed E-state index contributed by atoms with van der Waals surface area (Å²) in [7, 11) is 0. The van der Waals surface area contributed by atoms with Gasteiger partial charge < -0.3 is 9.30 Å². The summed E-state index contributed by atoms with van der Waals surface area (Å²) in [5.41, 5.74) is 1.10. The zero-order chi connectivity index (χ0) is 21.0. The molecule has 0 bridgehead atoms. The minimum absolute atomic E-state index is 0.00648. The summed E-state index contributed by atoms with van der Waals surface area (Å²) in [4.78, 5) is 39.4. The Hall–Kier alpha value is -3.04. The number of nitro groups is 1. The lowest BCUT2D eigenvalue weighted by Crippen LogP contribution is -2.23. The molecule has 0 aliphatic rings. The van der Waals surface area contributed by atoms with Gasteiger partial charge in [-0.3, -0.25) is 19.7 Å². The number of amides is 1. The Bertz CT molecular complexity index is 1170. The van der Waals surface area contributed by atoms with Crippen molar-refractivity contribution in [3.63, 3.8) is 0 Å². The molecule has 0 fully saturated rings. The summed E-state index contributed by atoms with van der Waals surface area (Å²) >= 11 is 7.18. The summed E-state index contributed by atoms with van der Waals surface area (Å²) in [5.74, 6) is -0.942. The van der Waals surface area contributed by atoms with Gasteiger partial charge in [0.1, 0.15) is 6.54 Å². The largest absolute Gasteiger partial charge is 0.465 e.